The lowest BCUT2D eigenvalue weighted by Gasteiger charge is -2.00. The maximum Gasteiger partial charge on any atom is 0.348 e. The molecular weight excluding hydrogens is 379 g/mol. The Labute approximate surface area is 136 Å². The normalized spacial score (nSPS) is 11.0. The van der Waals surface area contributed by atoms with Gasteiger partial charge in [-0.2, -0.15) is 0 Å². The van der Waals surface area contributed by atoms with Crippen molar-refractivity contribution in [2.45, 2.75) is 20.3 Å². The van der Waals surface area contributed by atoms with Crippen LogP contribution in [0.25, 0.3) is 6.08 Å². The third-order valence-corrected chi connectivity index (χ3v) is 3.94. The molecule has 0 atom stereocenters. The van der Waals surface area contributed by atoms with Crippen LogP contribution in [0.3, 0.4) is 0 Å². The molecule has 0 unspecified atom stereocenters. The summed E-state index contributed by atoms with van der Waals surface area (Å²) < 4.78 is 5.59. The van der Waals surface area contributed by atoms with Gasteiger partial charge in [0.2, 0.25) is 0 Å². The van der Waals surface area contributed by atoms with E-state index >= 15 is 0 Å². The second kappa shape index (κ2) is 6.85. The molecule has 0 amide bonds. The van der Waals surface area contributed by atoms with Crippen LogP contribution >= 0.6 is 22.6 Å². The Balaban J connectivity index is 2.25. The monoisotopic (exact) mass is 394 g/mol. The standard InChI is InChI=1S/C17H15IO3/c1-3-12-4-6-13(7-5-12)8-9-15(19)16-14(18)10-11(2)21-17(16)20/h4-10H,3H2,1-2H3/b9-8+. The molecule has 1 heterocycles. The van der Waals surface area contributed by atoms with Crippen LogP contribution < -0.4 is 5.63 Å². The maximum absolute atomic E-state index is 12.1. The first kappa shape index (κ1) is 15.7. The van der Waals surface area contributed by atoms with Crippen molar-refractivity contribution in [2.24, 2.45) is 0 Å². The number of carbonyl (C=O) groups is 1. The largest absolute Gasteiger partial charge is 0.428 e. The molecule has 0 saturated carbocycles. The predicted molar refractivity (Wildman–Crippen MR) is 91.6 cm³/mol. The van der Waals surface area contributed by atoms with Gasteiger partial charge in [-0.3, -0.25) is 4.79 Å². The Bertz CT molecular complexity index is 740. The van der Waals surface area contributed by atoms with Crippen molar-refractivity contribution in [3.63, 3.8) is 0 Å². The van der Waals surface area contributed by atoms with E-state index in [2.05, 4.69) is 6.92 Å². The fourth-order valence-corrected chi connectivity index (χ4v) is 2.84. The van der Waals surface area contributed by atoms with Crippen LogP contribution in [0.4, 0.5) is 0 Å². The highest BCUT2D eigenvalue weighted by atomic mass is 127. The highest BCUT2D eigenvalue weighted by Gasteiger charge is 2.14. The van der Waals surface area contributed by atoms with Gasteiger partial charge in [0.1, 0.15) is 11.3 Å². The molecule has 0 spiro atoms. The third kappa shape index (κ3) is 3.91. The smallest absolute Gasteiger partial charge is 0.348 e. The summed E-state index contributed by atoms with van der Waals surface area (Å²) in [6.07, 6.45) is 4.09. The summed E-state index contributed by atoms with van der Waals surface area (Å²) in [5, 5.41) is 0. The first-order valence-corrected chi connectivity index (χ1v) is 7.70. The fraction of sp³-hybridized carbons (Fsp3) is 0.176. The van der Waals surface area contributed by atoms with Gasteiger partial charge < -0.3 is 4.42 Å². The number of benzene rings is 1. The van der Waals surface area contributed by atoms with Gasteiger partial charge in [0.05, 0.1) is 0 Å². The predicted octanol–water partition coefficient (Wildman–Crippen LogP) is 4.01. The quantitative estimate of drug-likeness (QED) is 0.447. The number of rotatable bonds is 4. The summed E-state index contributed by atoms with van der Waals surface area (Å²) in [7, 11) is 0. The summed E-state index contributed by atoms with van der Waals surface area (Å²) in [5.41, 5.74) is 1.66. The van der Waals surface area contributed by atoms with Gasteiger partial charge in [-0.05, 0) is 59.2 Å². The molecule has 0 aliphatic carbocycles. The topological polar surface area (TPSA) is 47.3 Å². The van der Waals surface area contributed by atoms with E-state index in [4.69, 9.17) is 4.42 Å². The number of allylic oxidation sites excluding steroid dienone is 1. The molecule has 0 fully saturated rings. The van der Waals surface area contributed by atoms with E-state index in [0.717, 1.165) is 12.0 Å². The van der Waals surface area contributed by atoms with Crippen LogP contribution in [0.2, 0.25) is 0 Å². The Morgan fingerprint density at radius 1 is 1.29 bits per heavy atom. The van der Waals surface area contributed by atoms with Crippen LogP contribution in [-0.2, 0) is 6.42 Å². The second-order valence-corrected chi connectivity index (χ2v) is 5.82. The molecule has 4 heteroatoms. The molecule has 21 heavy (non-hydrogen) atoms. The molecule has 0 aliphatic rings. The molecule has 3 nitrogen and oxygen atoms in total. The van der Waals surface area contributed by atoms with Crippen molar-refractivity contribution in [3.05, 3.63) is 72.8 Å². The van der Waals surface area contributed by atoms with E-state index in [1.165, 1.54) is 11.6 Å². The number of hydrogen-bond donors (Lipinski definition) is 0. The van der Waals surface area contributed by atoms with E-state index in [-0.39, 0.29) is 11.3 Å². The first-order valence-electron chi connectivity index (χ1n) is 6.63. The number of halogens is 1. The summed E-state index contributed by atoms with van der Waals surface area (Å²) in [6, 6.07) is 9.62. The second-order valence-electron chi connectivity index (χ2n) is 4.66. The van der Waals surface area contributed by atoms with Gasteiger partial charge in [0.25, 0.3) is 0 Å². The molecule has 0 N–H and O–H groups in total. The zero-order valence-corrected chi connectivity index (χ0v) is 14.0. The lowest BCUT2D eigenvalue weighted by atomic mass is 10.1. The maximum atomic E-state index is 12.1. The third-order valence-electron chi connectivity index (χ3n) is 3.09. The van der Waals surface area contributed by atoms with Crippen molar-refractivity contribution < 1.29 is 9.21 Å². The van der Waals surface area contributed by atoms with Gasteiger partial charge in [-0.1, -0.05) is 37.3 Å². The summed E-state index contributed by atoms with van der Waals surface area (Å²) in [6.45, 7) is 3.77. The van der Waals surface area contributed by atoms with Gasteiger partial charge >= 0.3 is 5.63 Å². The Morgan fingerprint density at radius 2 is 1.95 bits per heavy atom. The highest BCUT2D eigenvalue weighted by molar-refractivity contribution is 14.1. The van der Waals surface area contributed by atoms with E-state index in [1.807, 2.05) is 46.9 Å². The molecule has 0 saturated heterocycles. The van der Waals surface area contributed by atoms with Crippen LogP contribution in [-0.4, -0.2) is 5.78 Å². The van der Waals surface area contributed by atoms with Crippen molar-refractivity contribution in [3.8, 4) is 0 Å². The fourth-order valence-electron chi connectivity index (χ4n) is 1.91. The van der Waals surface area contributed by atoms with Crippen molar-refractivity contribution >= 4 is 34.5 Å². The Morgan fingerprint density at radius 3 is 2.52 bits per heavy atom. The van der Waals surface area contributed by atoms with Crippen LogP contribution in [0.1, 0.15) is 34.2 Å². The van der Waals surface area contributed by atoms with Gasteiger partial charge in [-0.25, -0.2) is 4.79 Å². The number of ketones is 1. The SMILES string of the molecule is CCc1ccc(/C=C/C(=O)c2c(I)cc(C)oc2=O)cc1. The van der Waals surface area contributed by atoms with E-state index in [9.17, 15) is 9.59 Å². The van der Waals surface area contributed by atoms with Crippen molar-refractivity contribution in [1.29, 1.82) is 0 Å². The summed E-state index contributed by atoms with van der Waals surface area (Å²) in [5.74, 6) is 0.160. The number of hydrogen-bond acceptors (Lipinski definition) is 3. The molecule has 2 rings (SSSR count). The van der Waals surface area contributed by atoms with Crippen molar-refractivity contribution in [2.75, 3.05) is 0 Å². The molecule has 1 aromatic heterocycles. The number of carbonyl (C=O) groups excluding carboxylic acids is 1. The van der Waals surface area contributed by atoms with Gasteiger partial charge in [0, 0.05) is 3.57 Å². The molecule has 0 aliphatic heterocycles. The van der Waals surface area contributed by atoms with Gasteiger partial charge in [-0.15, -0.1) is 0 Å². The zero-order chi connectivity index (χ0) is 15.4. The molecule has 2 aromatic rings. The molecular formula is C17H15IO3. The first-order chi connectivity index (χ1) is 10.0. The minimum absolute atomic E-state index is 0.0858. The van der Waals surface area contributed by atoms with Crippen molar-refractivity contribution in [1.82, 2.24) is 0 Å². The zero-order valence-electron chi connectivity index (χ0n) is 11.9. The molecule has 108 valence electrons. The average molecular weight is 394 g/mol. The lowest BCUT2D eigenvalue weighted by molar-refractivity contribution is 0.104. The summed E-state index contributed by atoms with van der Waals surface area (Å²) in [4.78, 5) is 23.9. The van der Waals surface area contributed by atoms with E-state index in [1.54, 1.807) is 19.1 Å². The highest BCUT2D eigenvalue weighted by Crippen LogP contribution is 2.13. The minimum Gasteiger partial charge on any atom is -0.428 e. The van der Waals surface area contributed by atoms with Crippen LogP contribution in [0.5, 0.6) is 0 Å². The average Bonchev–Trinajstić information content (AvgIpc) is 2.44. The van der Waals surface area contributed by atoms with Crippen LogP contribution in [0, 0.1) is 10.5 Å². The van der Waals surface area contributed by atoms with E-state index < -0.39 is 5.63 Å². The lowest BCUT2D eigenvalue weighted by Crippen LogP contribution is -2.15. The molecule has 0 bridgehead atoms. The molecule has 1 aromatic carbocycles. The summed E-state index contributed by atoms with van der Waals surface area (Å²) >= 11 is 1.98. The Hall–Kier alpha value is -1.69. The molecule has 0 radical (unpaired) electrons. The van der Waals surface area contributed by atoms with E-state index in [0.29, 0.717) is 9.33 Å². The minimum atomic E-state index is -0.588. The number of aryl methyl sites for hydroxylation is 2. The van der Waals surface area contributed by atoms with Crippen LogP contribution in [0.15, 0.2) is 45.6 Å². The van der Waals surface area contributed by atoms with Gasteiger partial charge in [0.15, 0.2) is 5.78 Å². The Kier molecular flexibility index (Phi) is 5.12.